The topological polar surface area (TPSA) is 140 Å². The molecular formula is C22H24N6O5S. The second-order valence-electron chi connectivity index (χ2n) is 8.13. The molecule has 1 saturated heterocycles. The number of nitrogens with zero attached hydrogens (tertiary/aromatic N) is 5. The predicted octanol–water partition coefficient (Wildman–Crippen LogP) is 2.58. The Morgan fingerprint density at radius 3 is 2.68 bits per heavy atom. The zero-order valence-electron chi connectivity index (χ0n) is 18.5. The summed E-state index contributed by atoms with van der Waals surface area (Å²) in [6.07, 6.45) is 5.89. The lowest BCUT2D eigenvalue weighted by Crippen LogP contribution is -2.41. The number of nitro groups is 1. The number of non-ortho nitro benzene ring substituents is 1. The number of rotatable bonds is 7. The highest BCUT2D eigenvalue weighted by molar-refractivity contribution is 7.89. The molecule has 0 atom stereocenters. The Morgan fingerprint density at radius 1 is 1.24 bits per heavy atom. The van der Waals surface area contributed by atoms with Gasteiger partial charge in [-0.05, 0) is 37.0 Å². The smallest absolute Gasteiger partial charge is 0.270 e. The van der Waals surface area contributed by atoms with Crippen LogP contribution in [-0.4, -0.2) is 51.4 Å². The monoisotopic (exact) mass is 484 g/mol. The molecule has 2 aromatic heterocycles. The van der Waals surface area contributed by atoms with Crippen molar-refractivity contribution in [2.24, 2.45) is 5.92 Å². The first-order valence-corrected chi connectivity index (χ1v) is 12.2. The van der Waals surface area contributed by atoms with Gasteiger partial charge in [-0.25, -0.2) is 8.42 Å². The normalized spacial score (nSPS) is 15.2. The third-order valence-corrected chi connectivity index (χ3v) is 7.83. The molecule has 4 rings (SSSR count). The molecule has 1 amide bonds. The fourth-order valence-electron chi connectivity index (χ4n) is 3.90. The Morgan fingerprint density at radius 2 is 2.00 bits per heavy atom. The van der Waals surface area contributed by atoms with E-state index >= 15 is 0 Å². The SMILES string of the molecule is Cc1ccc([N+](=O)[O-])cc1S(=O)(=O)N1CCC(C(=O)Nc2ccn(Cc3cccnc3)n2)CC1. The van der Waals surface area contributed by atoms with Crippen LogP contribution in [0.4, 0.5) is 11.5 Å². The maximum absolute atomic E-state index is 13.1. The van der Waals surface area contributed by atoms with Gasteiger partial charge in [-0.1, -0.05) is 12.1 Å². The summed E-state index contributed by atoms with van der Waals surface area (Å²) in [7, 11) is -3.91. The number of carbonyl (C=O) groups excluding carboxylic acids is 1. The number of carbonyl (C=O) groups is 1. The average molecular weight is 485 g/mol. The molecule has 0 bridgehead atoms. The van der Waals surface area contributed by atoms with Crippen molar-refractivity contribution in [2.75, 3.05) is 18.4 Å². The Labute approximate surface area is 196 Å². The lowest BCUT2D eigenvalue weighted by Gasteiger charge is -2.30. The zero-order valence-corrected chi connectivity index (χ0v) is 19.3. The van der Waals surface area contributed by atoms with Crippen LogP contribution >= 0.6 is 0 Å². The van der Waals surface area contributed by atoms with Crippen molar-refractivity contribution in [2.45, 2.75) is 31.2 Å². The molecule has 1 N–H and O–H groups in total. The standard InChI is InChI=1S/C22H24N6O5S/c1-16-4-5-19(28(30)31)13-20(16)34(32,33)27-11-6-18(7-12-27)22(29)24-21-8-10-26(25-21)15-17-3-2-9-23-14-17/h2-5,8-10,13-14,18H,6-7,11-12,15H2,1H3,(H,24,25,29). The number of aryl methyl sites for hydroxylation is 1. The van der Waals surface area contributed by atoms with Crippen molar-refractivity contribution in [3.8, 4) is 0 Å². The lowest BCUT2D eigenvalue weighted by molar-refractivity contribution is -0.385. The summed E-state index contributed by atoms with van der Waals surface area (Å²) >= 11 is 0. The molecule has 3 heterocycles. The summed E-state index contributed by atoms with van der Waals surface area (Å²) < 4.78 is 29.2. The van der Waals surface area contributed by atoms with Crippen molar-refractivity contribution in [1.29, 1.82) is 0 Å². The minimum Gasteiger partial charge on any atom is -0.309 e. The van der Waals surface area contributed by atoms with Gasteiger partial charge in [0, 0.05) is 55.8 Å². The number of anilines is 1. The van der Waals surface area contributed by atoms with E-state index in [9.17, 15) is 23.3 Å². The van der Waals surface area contributed by atoms with E-state index in [0.29, 0.717) is 30.8 Å². The first-order chi connectivity index (χ1) is 16.2. The van der Waals surface area contributed by atoms with Gasteiger partial charge in [0.1, 0.15) is 0 Å². The van der Waals surface area contributed by atoms with Gasteiger partial charge in [-0.3, -0.25) is 24.6 Å². The van der Waals surface area contributed by atoms with Crippen LogP contribution < -0.4 is 5.32 Å². The van der Waals surface area contributed by atoms with Crippen LogP contribution in [0.5, 0.6) is 0 Å². The van der Waals surface area contributed by atoms with Crippen LogP contribution in [0.3, 0.4) is 0 Å². The van der Waals surface area contributed by atoms with E-state index in [4.69, 9.17) is 0 Å². The van der Waals surface area contributed by atoms with Crippen molar-refractivity contribution >= 4 is 27.4 Å². The molecule has 0 spiro atoms. The summed E-state index contributed by atoms with van der Waals surface area (Å²) in [6, 6.07) is 9.28. The molecule has 1 aliphatic heterocycles. The number of pyridine rings is 1. The summed E-state index contributed by atoms with van der Waals surface area (Å²) in [5.74, 6) is -0.146. The fraction of sp³-hybridized carbons (Fsp3) is 0.318. The molecule has 34 heavy (non-hydrogen) atoms. The highest BCUT2D eigenvalue weighted by atomic mass is 32.2. The Balaban J connectivity index is 1.36. The maximum Gasteiger partial charge on any atom is 0.270 e. The fourth-order valence-corrected chi connectivity index (χ4v) is 5.62. The first-order valence-electron chi connectivity index (χ1n) is 10.7. The quantitative estimate of drug-likeness (QED) is 0.401. The van der Waals surface area contributed by atoms with E-state index in [1.807, 2.05) is 12.1 Å². The van der Waals surface area contributed by atoms with Gasteiger partial charge in [-0.15, -0.1) is 0 Å². The highest BCUT2D eigenvalue weighted by Gasteiger charge is 2.33. The number of hydrogen-bond acceptors (Lipinski definition) is 7. The molecule has 0 radical (unpaired) electrons. The number of sulfonamides is 1. The number of nitro benzene ring substituents is 1. The summed E-state index contributed by atoms with van der Waals surface area (Å²) in [6.45, 7) is 2.43. The van der Waals surface area contributed by atoms with Gasteiger partial charge in [-0.2, -0.15) is 9.40 Å². The van der Waals surface area contributed by atoms with Crippen molar-refractivity contribution in [3.63, 3.8) is 0 Å². The number of piperidine rings is 1. The first kappa shape index (κ1) is 23.5. The highest BCUT2D eigenvalue weighted by Crippen LogP contribution is 2.28. The average Bonchev–Trinajstić information content (AvgIpc) is 3.26. The molecule has 12 heteroatoms. The molecule has 11 nitrogen and oxygen atoms in total. The van der Waals surface area contributed by atoms with Crippen LogP contribution in [0.15, 0.2) is 59.9 Å². The van der Waals surface area contributed by atoms with Crippen LogP contribution in [0.2, 0.25) is 0 Å². The molecule has 0 saturated carbocycles. The minimum atomic E-state index is -3.91. The summed E-state index contributed by atoms with van der Waals surface area (Å²) in [5, 5.41) is 18.2. The van der Waals surface area contributed by atoms with E-state index < -0.39 is 14.9 Å². The predicted molar refractivity (Wildman–Crippen MR) is 124 cm³/mol. The largest absolute Gasteiger partial charge is 0.309 e. The van der Waals surface area contributed by atoms with Crippen LogP contribution in [0, 0.1) is 23.0 Å². The lowest BCUT2D eigenvalue weighted by atomic mass is 9.97. The molecular weight excluding hydrogens is 460 g/mol. The van der Waals surface area contributed by atoms with Gasteiger partial charge in [0.15, 0.2) is 5.82 Å². The van der Waals surface area contributed by atoms with E-state index in [0.717, 1.165) is 11.6 Å². The molecule has 0 unspecified atom stereocenters. The molecule has 1 aromatic carbocycles. The molecule has 3 aromatic rings. The maximum atomic E-state index is 13.1. The Bertz CT molecular complexity index is 1300. The second-order valence-corrected chi connectivity index (χ2v) is 10.0. The van der Waals surface area contributed by atoms with Crippen molar-refractivity contribution < 1.29 is 18.1 Å². The zero-order chi connectivity index (χ0) is 24.3. The third-order valence-electron chi connectivity index (χ3n) is 5.78. The van der Waals surface area contributed by atoms with Crippen LogP contribution in [-0.2, 0) is 21.4 Å². The van der Waals surface area contributed by atoms with E-state index in [1.54, 1.807) is 36.3 Å². The van der Waals surface area contributed by atoms with Gasteiger partial charge < -0.3 is 5.32 Å². The number of hydrogen-bond donors (Lipinski definition) is 1. The van der Waals surface area contributed by atoms with Crippen molar-refractivity contribution in [1.82, 2.24) is 19.1 Å². The summed E-state index contributed by atoms with van der Waals surface area (Å²) in [4.78, 5) is 27.2. The van der Waals surface area contributed by atoms with Crippen LogP contribution in [0.1, 0.15) is 24.0 Å². The van der Waals surface area contributed by atoms with Gasteiger partial charge in [0.05, 0.1) is 16.4 Å². The van der Waals surface area contributed by atoms with Crippen LogP contribution in [0.25, 0.3) is 0 Å². The molecule has 1 fully saturated rings. The number of benzene rings is 1. The molecule has 0 aliphatic carbocycles. The third kappa shape index (κ3) is 5.13. The second kappa shape index (κ2) is 9.69. The summed E-state index contributed by atoms with van der Waals surface area (Å²) in [5.41, 5.74) is 1.14. The van der Waals surface area contributed by atoms with E-state index in [1.165, 1.54) is 16.4 Å². The van der Waals surface area contributed by atoms with Gasteiger partial charge >= 0.3 is 0 Å². The Hall–Kier alpha value is -3.64. The number of aromatic nitrogens is 3. The number of amides is 1. The van der Waals surface area contributed by atoms with E-state index in [2.05, 4.69) is 15.4 Å². The number of nitrogens with one attached hydrogen (secondary N) is 1. The van der Waals surface area contributed by atoms with E-state index in [-0.39, 0.29) is 35.5 Å². The van der Waals surface area contributed by atoms with Gasteiger partial charge in [0.25, 0.3) is 5.69 Å². The molecule has 178 valence electrons. The molecule has 1 aliphatic rings. The Kier molecular flexibility index (Phi) is 6.70. The minimum absolute atomic E-state index is 0.0799. The van der Waals surface area contributed by atoms with Crippen molar-refractivity contribution in [3.05, 3.63) is 76.2 Å². The van der Waals surface area contributed by atoms with Gasteiger partial charge in [0.2, 0.25) is 15.9 Å².